The third-order valence-corrected chi connectivity index (χ3v) is 5.72. The number of rotatable bonds is 2. The van der Waals surface area contributed by atoms with Gasteiger partial charge in [0.25, 0.3) is 0 Å². The number of piperidine rings is 1. The van der Waals surface area contributed by atoms with Crippen molar-refractivity contribution in [2.24, 2.45) is 11.8 Å². The van der Waals surface area contributed by atoms with Crippen LogP contribution in [0.5, 0.6) is 0 Å². The molecule has 0 aromatic heterocycles. The molecule has 2 heterocycles. The number of carbonyl (C=O) groups is 1. The summed E-state index contributed by atoms with van der Waals surface area (Å²) in [6, 6.07) is 0.0149. The normalized spacial score (nSPS) is 37.0. The Balaban J connectivity index is 1.61. The number of amides is 1. The molecule has 1 amide bonds. The lowest BCUT2D eigenvalue weighted by molar-refractivity contribution is -0.125. The van der Waals surface area contributed by atoms with E-state index in [2.05, 4.69) is 10.6 Å². The highest BCUT2D eigenvalue weighted by Crippen LogP contribution is 2.45. The van der Waals surface area contributed by atoms with Gasteiger partial charge in [-0.3, -0.25) is 4.79 Å². The largest absolute Gasteiger partial charge is 0.375 e. The molecule has 0 bridgehead atoms. The molecule has 3 rings (SSSR count). The van der Waals surface area contributed by atoms with E-state index in [1.54, 1.807) is 7.05 Å². The summed E-state index contributed by atoms with van der Waals surface area (Å²) in [6.45, 7) is 1.91. The lowest BCUT2D eigenvalue weighted by Gasteiger charge is -2.43. The zero-order valence-corrected chi connectivity index (χ0v) is 12.6. The summed E-state index contributed by atoms with van der Waals surface area (Å²) in [7, 11) is 1.73. The van der Waals surface area contributed by atoms with Gasteiger partial charge in [-0.2, -0.15) is 0 Å². The molecule has 3 atom stereocenters. The predicted molar refractivity (Wildman–Crippen MR) is 78.5 cm³/mol. The molecule has 2 saturated heterocycles. The molecule has 3 aliphatic rings. The SMILES string of the molecule is CNC(=O)C1CC(C2CCOC3(CCCC3)C2)CCN1. The molecule has 0 radical (unpaired) electrons. The van der Waals surface area contributed by atoms with Crippen LogP contribution in [0, 0.1) is 11.8 Å². The third-order valence-electron chi connectivity index (χ3n) is 5.72. The van der Waals surface area contributed by atoms with Gasteiger partial charge in [0.05, 0.1) is 11.6 Å². The highest BCUT2D eigenvalue weighted by atomic mass is 16.5. The topological polar surface area (TPSA) is 50.4 Å². The van der Waals surface area contributed by atoms with E-state index in [1.807, 2.05) is 0 Å². The Morgan fingerprint density at radius 1 is 1.25 bits per heavy atom. The summed E-state index contributed by atoms with van der Waals surface area (Å²) in [4.78, 5) is 11.8. The van der Waals surface area contributed by atoms with E-state index >= 15 is 0 Å². The molecule has 1 spiro atoms. The predicted octanol–water partition coefficient (Wildman–Crippen LogP) is 1.84. The number of likely N-dealkylation sites (N-methyl/N-ethyl adjacent to an activating group) is 1. The Bertz CT molecular complexity index is 352. The number of hydrogen-bond donors (Lipinski definition) is 2. The summed E-state index contributed by atoms with van der Waals surface area (Å²) in [5, 5.41) is 6.14. The monoisotopic (exact) mass is 280 g/mol. The van der Waals surface area contributed by atoms with Gasteiger partial charge < -0.3 is 15.4 Å². The maximum Gasteiger partial charge on any atom is 0.236 e. The molecule has 1 saturated carbocycles. The smallest absolute Gasteiger partial charge is 0.236 e. The van der Waals surface area contributed by atoms with Crippen molar-refractivity contribution in [3.63, 3.8) is 0 Å². The molecule has 114 valence electrons. The minimum Gasteiger partial charge on any atom is -0.375 e. The first-order chi connectivity index (χ1) is 9.72. The summed E-state index contributed by atoms with van der Waals surface area (Å²) in [5.41, 5.74) is 0.205. The van der Waals surface area contributed by atoms with Crippen molar-refractivity contribution in [3.05, 3.63) is 0 Å². The summed E-state index contributed by atoms with van der Waals surface area (Å²) in [5.74, 6) is 1.60. The fourth-order valence-corrected chi connectivity index (χ4v) is 4.58. The highest BCUT2D eigenvalue weighted by Gasteiger charge is 2.43. The van der Waals surface area contributed by atoms with Gasteiger partial charge in [-0.25, -0.2) is 0 Å². The van der Waals surface area contributed by atoms with Crippen LogP contribution in [0.2, 0.25) is 0 Å². The molecule has 3 fully saturated rings. The van der Waals surface area contributed by atoms with Crippen LogP contribution in [-0.2, 0) is 9.53 Å². The standard InChI is InChI=1S/C16H28N2O2/c1-17-15(19)14-10-12(4-8-18-14)13-5-9-20-16(11-13)6-2-3-7-16/h12-14,18H,2-11H2,1H3,(H,17,19). The average molecular weight is 280 g/mol. The van der Waals surface area contributed by atoms with Crippen LogP contribution in [0.15, 0.2) is 0 Å². The first-order valence-electron chi connectivity index (χ1n) is 8.31. The molecule has 2 aliphatic heterocycles. The van der Waals surface area contributed by atoms with Gasteiger partial charge in [0.1, 0.15) is 0 Å². The molecule has 3 unspecified atom stereocenters. The van der Waals surface area contributed by atoms with Gasteiger partial charge in [0, 0.05) is 13.7 Å². The van der Waals surface area contributed by atoms with E-state index in [9.17, 15) is 4.79 Å². The Kier molecular flexibility index (Phi) is 4.32. The first kappa shape index (κ1) is 14.3. The molecule has 4 nitrogen and oxygen atoms in total. The Morgan fingerprint density at radius 2 is 2.05 bits per heavy atom. The van der Waals surface area contributed by atoms with Crippen LogP contribution in [0.3, 0.4) is 0 Å². The quantitative estimate of drug-likeness (QED) is 0.811. The Morgan fingerprint density at radius 3 is 2.80 bits per heavy atom. The van der Waals surface area contributed by atoms with Gasteiger partial charge in [-0.15, -0.1) is 0 Å². The van der Waals surface area contributed by atoms with Crippen molar-refractivity contribution < 1.29 is 9.53 Å². The zero-order chi connectivity index (χ0) is 14.0. The second-order valence-electron chi connectivity index (χ2n) is 6.90. The van der Waals surface area contributed by atoms with Gasteiger partial charge >= 0.3 is 0 Å². The first-order valence-corrected chi connectivity index (χ1v) is 8.31. The van der Waals surface area contributed by atoms with Crippen LogP contribution >= 0.6 is 0 Å². The van der Waals surface area contributed by atoms with Crippen molar-refractivity contribution in [1.29, 1.82) is 0 Å². The third kappa shape index (κ3) is 2.86. The molecule has 1 aliphatic carbocycles. The minimum atomic E-state index is 0.0149. The van der Waals surface area contributed by atoms with Gasteiger partial charge in [-0.1, -0.05) is 12.8 Å². The molecular weight excluding hydrogens is 252 g/mol. The van der Waals surface area contributed by atoms with E-state index in [0.717, 1.165) is 25.5 Å². The van der Waals surface area contributed by atoms with E-state index < -0.39 is 0 Å². The van der Waals surface area contributed by atoms with Gasteiger partial charge in [-0.05, 0) is 56.9 Å². The van der Waals surface area contributed by atoms with Crippen LogP contribution in [0.1, 0.15) is 51.4 Å². The van der Waals surface area contributed by atoms with Crippen molar-refractivity contribution in [1.82, 2.24) is 10.6 Å². The average Bonchev–Trinajstić information content (AvgIpc) is 2.94. The van der Waals surface area contributed by atoms with Crippen molar-refractivity contribution in [3.8, 4) is 0 Å². The van der Waals surface area contributed by atoms with Gasteiger partial charge in [0.15, 0.2) is 0 Å². The zero-order valence-electron chi connectivity index (χ0n) is 12.6. The number of nitrogens with one attached hydrogen (secondary N) is 2. The lowest BCUT2D eigenvalue weighted by atomic mass is 9.73. The van der Waals surface area contributed by atoms with E-state index in [4.69, 9.17) is 4.74 Å². The molecule has 2 N–H and O–H groups in total. The Labute approximate surface area is 122 Å². The Hall–Kier alpha value is -0.610. The maximum absolute atomic E-state index is 11.8. The summed E-state index contributed by atoms with van der Waals surface area (Å²) >= 11 is 0. The molecule has 0 aromatic rings. The van der Waals surface area contributed by atoms with E-state index in [0.29, 0.717) is 5.92 Å². The van der Waals surface area contributed by atoms with Crippen molar-refractivity contribution >= 4 is 5.91 Å². The van der Waals surface area contributed by atoms with Gasteiger partial charge in [0.2, 0.25) is 5.91 Å². The number of ether oxygens (including phenoxy) is 1. The number of carbonyl (C=O) groups excluding carboxylic acids is 1. The van der Waals surface area contributed by atoms with E-state index in [1.165, 1.54) is 44.9 Å². The van der Waals surface area contributed by atoms with E-state index in [-0.39, 0.29) is 17.6 Å². The van der Waals surface area contributed by atoms with Crippen molar-refractivity contribution in [2.45, 2.75) is 63.0 Å². The maximum atomic E-state index is 11.8. The molecule has 4 heteroatoms. The molecule has 0 aromatic carbocycles. The second kappa shape index (κ2) is 6.02. The highest BCUT2D eigenvalue weighted by molar-refractivity contribution is 5.81. The lowest BCUT2D eigenvalue weighted by Crippen LogP contribution is -2.50. The second-order valence-corrected chi connectivity index (χ2v) is 6.90. The fraction of sp³-hybridized carbons (Fsp3) is 0.938. The fourth-order valence-electron chi connectivity index (χ4n) is 4.58. The molecule has 20 heavy (non-hydrogen) atoms. The summed E-state index contributed by atoms with van der Waals surface area (Å²) in [6.07, 6.45) is 9.82. The molecular formula is C16H28N2O2. The van der Waals surface area contributed by atoms with Crippen LogP contribution < -0.4 is 10.6 Å². The van der Waals surface area contributed by atoms with Crippen molar-refractivity contribution in [2.75, 3.05) is 20.2 Å². The van der Waals surface area contributed by atoms with Crippen LogP contribution in [0.4, 0.5) is 0 Å². The summed E-state index contributed by atoms with van der Waals surface area (Å²) < 4.78 is 6.15. The number of hydrogen-bond acceptors (Lipinski definition) is 3. The van der Waals surface area contributed by atoms with Crippen LogP contribution in [-0.4, -0.2) is 37.7 Å². The minimum absolute atomic E-state index is 0.0149. The van der Waals surface area contributed by atoms with Crippen LogP contribution in [0.25, 0.3) is 0 Å².